The number of hydrogen-bond donors (Lipinski definition) is 1. The predicted octanol–water partition coefficient (Wildman–Crippen LogP) is 0.712. The van der Waals surface area contributed by atoms with Crippen molar-refractivity contribution in [2.24, 2.45) is 0 Å². The minimum atomic E-state index is -3.91. The van der Waals surface area contributed by atoms with E-state index in [2.05, 4.69) is 4.72 Å². The average molecular weight is 461 g/mol. The quantitative estimate of drug-likeness (QED) is 0.510. The molecule has 30 heavy (non-hydrogen) atoms. The lowest BCUT2D eigenvalue weighted by atomic mass is 10.2. The van der Waals surface area contributed by atoms with Crippen LogP contribution in [0, 0.1) is 0 Å². The predicted molar refractivity (Wildman–Crippen MR) is 111 cm³/mol. The Bertz CT molecular complexity index is 946. The van der Waals surface area contributed by atoms with E-state index in [1.807, 2.05) is 6.92 Å². The highest BCUT2D eigenvalue weighted by molar-refractivity contribution is 7.91. The summed E-state index contributed by atoms with van der Waals surface area (Å²) in [7, 11) is -7.08. The van der Waals surface area contributed by atoms with Crippen LogP contribution in [-0.4, -0.2) is 70.4 Å². The summed E-state index contributed by atoms with van der Waals surface area (Å²) in [4.78, 5) is 26.3. The van der Waals surface area contributed by atoms with E-state index in [0.717, 1.165) is 6.42 Å². The van der Waals surface area contributed by atoms with Crippen LogP contribution in [0.1, 0.15) is 33.1 Å². The molecular weight excluding hydrogens is 432 g/mol. The first-order valence-electron chi connectivity index (χ1n) is 9.79. The summed E-state index contributed by atoms with van der Waals surface area (Å²) in [6.07, 6.45) is 1.88. The van der Waals surface area contributed by atoms with Gasteiger partial charge in [0.25, 0.3) is 5.91 Å². The molecule has 2 rings (SSSR count). The summed E-state index contributed by atoms with van der Waals surface area (Å²) in [6, 6.07) is 5.95. The van der Waals surface area contributed by atoms with Crippen molar-refractivity contribution in [2.75, 3.05) is 24.7 Å². The molecule has 11 heteroatoms. The number of hydrogen-bond acceptors (Lipinski definition) is 7. The van der Waals surface area contributed by atoms with Crippen molar-refractivity contribution >= 4 is 31.7 Å². The van der Waals surface area contributed by atoms with E-state index in [1.54, 1.807) is 18.2 Å². The van der Waals surface area contributed by atoms with Gasteiger partial charge in [-0.3, -0.25) is 9.59 Å². The molecule has 9 nitrogen and oxygen atoms in total. The van der Waals surface area contributed by atoms with E-state index >= 15 is 0 Å². The monoisotopic (exact) mass is 460 g/mol. The molecule has 1 aromatic rings. The van der Waals surface area contributed by atoms with Gasteiger partial charge in [-0.1, -0.05) is 31.5 Å². The van der Waals surface area contributed by atoms with Gasteiger partial charge in [0.2, 0.25) is 10.0 Å². The first-order valence-corrected chi connectivity index (χ1v) is 13.1. The molecule has 1 aliphatic heterocycles. The summed E-state index contributed by atoms with van der Waals surface area (Å²) < 4.78 is 55.3. The summed E-state index contributed by atoms with van der Waals surface area (Å²) in [5, 5.41) is 0. The molecule has 1 fully saturated rings. The molecule has 2 atom stereocenters. The highest BCUT2D eigenvalue weighted by Gasteiger charge is 2.35. The molecule has 0 aliphatic carbocycles. The average Bonchev–Trinajstić information content (AvgIpc) is 3.06. The largest absolute Gasteiger partial charge is 0.454 e. The molecule has 1 unspecified atom stereocenters. The lowest BCUT2D eigenvalue weighted by Crippen LogP contribution is -2.45. The Labute approximate surface area is 177 Å². The van der Waals surface area contributed by atoms with Crippen LogP contribution in [0.3, 0.4) is 0 Å². The number of carbonyl (C=O) groups is 2. The Kier molecular flexibility index (Phi) is 8.39. The van der Waals surface area contributed by atoms with E-state index in [-0.39, 0.29) is 16.4 Å². The third-order valence-corrected chi connectivity index (χ3v) is 8.11. The number of rotatable bonds is 10. The van der Waals surface area contributed by atoms with E-state index in [4.69, 9.17) is 4.74 Å². The van der Waals surface area contributed by atoms with Crippen LogP contribution in [0.25, 0.3) is 0 Å². The SMILES string of the molecule is CCCCN(C(=O)COC(=O)[C@H](C)NS(=O)(=O)c1ccccc1)C1CCS(=O)(=O)C1. The van der Waals surface area contributed by atoms with Gasteiger partial charge in [0, 0.05) is 12.6 Å². The van der Waals surface area contributed by atoms with Crippen LogP contribution in [-0.2, 0) is 34.2 Å². The zero-order valence-electron chi connectivity index (χ0n) is 17.1. The van der Waals surface area contributed by atoms with Gasteiger partial charge in [-0.25, -0.2) is 16.8 Å². The highest BCUT2D eigenvalue weighted by atomic mass is 32.2. The molecule has 1 heterocycles. The van der Waals surface area contributed by atoms with Crippen molar-refractivity contribution in [3.8, 4) is 0 Å². The number of unbranched alkanes of at least 4 members (excludes halogenated alkanes) is 1. The third-order valence-electron chi connectivity index (χ3n) is 4.80. The Balaban J connectivity index is 1.94. The van der Waals surface area contributed by atoms with E-state index in [0.29, 0.717) is 19.4 Å². The van der Waals surface area contributed by atoms with Gasteiger partial charge >= 0.3 is 5.97 Å². The van der Waals surface area contributed by atoms with Gasteiger partial charge in [0.15, 0.2) is 16.4 Å². The molecule has 0 bridgehead atoms. The lowest BCUT2D eigenvalue weighted by Gasteiger charge is -2.28. The molecule has 0 radical (unpaired) electrons. The molecule has 1 aliphatic rings. The van der Waals surface area contributed by atoms with Gasteiger partial charge in [-0.05, 0) is 31.9 Å². The summed E-state index contributed by atoms with van der Waals surface area (Å²) in [5.74, 6) is -1.44. The molecule has 0 spiro atoms. The normalized spacial score (nSPS) is 19.2. The van der Waals surface area contributed by atoms with Gasteiger partial charge in [-0.2, -0.15) is 4.72 Å². The molecule has 0 saturated carbocycles. The summed E-state index contributed by atoms with van der Waals surface area (Å²) in [6.45, 7) is 3.08. The Morgan fingerprint density at radius 2 is 1.93 bits per heavy atom. The van der Waals surface area contributed by atoms with Crippen LogP contribution in [0.5, 0.6) is 0 Å². The first kappa shape index (κ1) is 24.3. The fraction of sp³-hybridized carbons (Fsp3) is 0.579. The van der Waals surface area contributed by atoms with Crippen molar-refractivity contribution < 1.29 is 31.2 Å². The summed E-state index contributed by atoms with van der Waals surface area (Å²) >= 11 is 0. The van der Waals surface area contributed by atoms with Crippen LogP contribution in [0.15, 0.2) is 35.2 Å². The Hall–Kier alpha value is -1.98. The topological polar surface area (TPSA) is 127 Å². The molecule has 1 aromatic carbocycles. The van der Waals surface area contributed by atoms with E-state index in [1.165, 1.54) is 24.0 Å². The van der Waals surface area contributed by atoms with Crippen molar-refractivity contribution in [3.05, 3.63) is 30.3 Å². The fourth-order valence-corrected chi connectivity index (χ4v) is 6.09. The van der Waals surface area contributed by atoms with Crippen LogP contribution < -0.4 is 4.72 Å². The van der Waals surface area contributed by atoms with Gasteiger partial charge in [0.1, 0.15) is 6.04 Å². The van der Waals surface area contributed by atoms with Gasteiger partial charge in [0.05, 0.1) is 16.4 Å². The number of esters is 1. The zero-order valence-corrected chi connectivity index (χ0v) is 18.7. The maximum Gasteiger partial charge on any atom is 0.324 e. The van der Waals surface area contributed by atoms with Crippen LogP contribution >= 0.6 is 0 Å². The van der Waals surface area contributed by atoms with Gasteiger partial charge < -0.3 is 9.64 Å². The first-order chi connectivity index (χ1) is 14.1. The van der Waals surface area contributed by atoms with Crippen LogP contribution in [0.4, 0.5) is 0 Å². The number of nitrogens with zero attached hydrogens (tertiary/aromatic N) is 1. The third kappa shape index (κ3) is 6.78. The maximum absolute atomic E-state index is 12.6. The van der Waals surface area contributed by atoms with Crippen molar-refractivity contribution in [3.63, 3.8) is 0 Å². The molecular formula is C19H28N2O7S2. The minimum absolute atomic E-state index is 0.00825. The number of carbonyl (C=O) groups excluding carboxylic acids is 2. The number of ether oxygens (including phenoxy) is 1. The molecule has 168 valence electrons. The highest BCUT2D eigenvalue weighted by Crippen LogP contribution is 2.19. The minimum Gasteiger partial charge on any atom is -0.454 e. The number of nitrogens with one attached hydrogen (secondary N) is 1. The number of amides is 1. The second-order valence-electron chi connectivity index (χ2n) is 7.26. The Morgan fingerprint density at radius 1 is 1.27 bits per heavy atom. The zero-order chi connectivity index (χ0) is 22.4. The standard InChI is InChI=1S/C19H28N2O7S2/c1-3-4-11-21(16-10-12-29(24,25)14-16)18(22)13-28-19(23)15(2)20-30(26,27)17-8-6-5-7-9-17/h5-9,15-16,20H,3-4,10-14H2,1-2H3/t15-,16?/m0/s1. The molecule has 1 N–H and O–H groups in total. The lowest BCUT2D eigenvalue weighted by molar-refractivity contribution is -0.153. The van der Waals surface area contributed by atoms with Crippen molar-refractivity contribution in [2.45, 2.75) is 50.1 Å². The van der Waals surface area contributed by atoms with Gasteiger partial charge in [-0.15, -0.1) is 0 Å². The van der Waals surface area contributed by atoms with Crippen LogP contribution in [0.2, 0.25) is 0 Å². The van der Waals surface area contributed by atoms with E-state index < -0.39 is 50.4 Å². The smallest absolute Gasteiger partial charge is 0.324 e. The van der Waals surface area contributed by atoms with E-state index in [9.17, 15) is 26.4 Å². The Morgan fingerprint density at radius 3 is 2.50 bits per heavy atom. The number of benzene rings is 1. The fourth-order valence-electron chi connectivity index (χ4n) is 3.15. The second-order valence-corrected chi connectivity index (χ2v) is 11.2. The second kappa shape index (κ2) is 10.4. The van der Waals surface area contributed by atoms with Crippen molar-refractivity contribution in [1.82, 2.24) is 9.62 Å². The van der Waals surface area contributed by atoms with Crippen molar-refractivity contribution in [1.29, 1.82) is 0 Å². The molecule has 1 saturated heterocycles. The molecule has 0 aromatic heterocycles. The number of sulfonamides is 1. The maximum atomic E-state index is 12.6. The number of sulfone groups is 1. The summed E-state index contributed by atoms with van der Waals surface area (Å²) in [5.41, 5.74) is 0. The molecule has 1 amide bonds.